The van der Waals surface area contributed by atoms with Gasteiger partial charge in [-0.05, 0) is 57.4 Å². The maximum atomic E-state index is 12.3. The van der Waals surface area contributed by atoms with Crippen LogP contribution in [-0.4, -0.2) is 63.6 Å². The van der Waals surface area contributed by atoms with Crippen LogP contribution in [0.3, 0.4) is 0 Å². The summed E-state index contributed by atoms with van der Waals surface area (Å²) in [5, 5.41) is 3.28. The van der Waals surface area contributed by atoms with Crippen LogP contribution in [-0.2, 0) is 22.8 Å². The Morgan fingerprint density at radius 2 is 1.79 bits per heavy atom. The second kappa shape index (κ2) is 9.03. The fraction of sp³-hybridized carbons (Fsp3) is 0.650. The number of rotatable bonds is 6. The molecule has 28 heavy (non-hydrogen) atoms. The van der Waals surface area contributed by atoms with Crippen molar-refractivity contribution in [1.82, 2.24) is 10.2 Å². The van der Waals surface area contributed by atoms with Crippen LogP contribution in [0.4, 0.5) is 0 Å². The van der Waals surface area contributed by atoms with Gasteiger partial charge in [-0.2, -0.15) is 0 Å². The molecule has 8 heteroatoms. The molecule has 0 amide bonds. The summed E-state index contributed by atoms with van der Waals surface area (Å²) in [7, 11) is 0.0826. The van der Waals surface area contributed by atoms with Gasteiger partial charge in [-0.25, -0.2) is 8.42 Å². The van der Waals surface area contributed by atoms with E-state index in [1.807, 2.05) is 19.1 Å². The number of hydrogen-bond acceptors (Lipinski definition) is 5. The zero-order valence-corrected chi connectivity index (χ0v) is 18.6. The Morgan fingerprint density at radius 3 is 2.32 bits per heavy atom. The van der Waals surface area contributed by atoms with Gasteiger partial charge in [-0.1, -0.05) is 0 Å². The van der Waals surface area contributed by atoms with Gasteiger partial charge in [0, 0.05) is 19.6 Å². The average Bonchev–Trinajstić information content (AvgIpc) is 2.64. The Hall–Kier alpha value is -1.96. The fourth-order valence-corrected chi connectivity index (χ4v) is 4.01. The van der Waals surface area contributed by atoms with Crippen molar-refractivity contribution in [3.8, 4) is 11.5 Å². The second-order valence-electron chi connectivity index (χ2n) is 7.81. The zero-order chi connectivity index (χ0) is 20.9. The highest BCUT2D eigenvalue weighted by Crippen LogP contribution is 2.33. The zero-order valence-electron chi connectivity index (χ0n) is 17.8. The van der Waals surface area contributed by atoms with E-state index in [-0.39, 0.29) is 12.3 Å². The van der Waals surface area contributed by atoms with Gasteiger partial charge >= 0.3 is 0 Å². The standard InChI is InChI=1S/C20H33N3O4S/c1-7-21-19(22-9-11-28(24,25)20(2,3)4)23-10-8-15-12-17(26-5)18(27-6)13-16(15)14-23/h12-13H,7-11,14H2,1-6H3,(H,21,22). The van der Waals surface area contributed by atoms with E-state index in [1.165, 1.54) is 5.56 Å². The average molecular weight is 412 g/mol. The lowest BCUT2D eigenvalue weighted by Crippen LogP contribution is -2.44. The molecule has 0 saturated heterocycles. The minimum Gasteiger partial charge on any atom is -0.493 e. The van der Waals surface area contributed by atoms with Crippen LogP contribution in [0.5, 0.6) is 11.5 Å². The van der Waals surface area contributed by atoms with Crippen molar-refractivity contribution < 1.29 is 17.9 Å². The number of nitrogens with zero attached hydrogens (tertiary/aromatic N) is 2. The number of fused-ring (bicyclic) bond motifs is 1. The normalized spacial score (nSPS) is 15.2. The van der Waals surface area contributed by atoms with Crippen molar-refractivity contribution in [3.05, 3.63) is 23.3 Å². The van der Waals surface area contributed by atoms with E-state index in [9.17, 15) is 8.42 Å². The summed E-state index contributed by atoms with van der Waals surface area (Å²) in [6.07, 6.45) is 0.861. The Balaban J connectivity index is 2.17. The molecule has 1 aromatic carbocycles. The van der Waals surface area contributed by atoms with E-state index in [2.05, 4.69) is 15.2 Å². The number of nitrogens with one attached hydrogen (secondary N) is 1. The van der Waals surface area contributed by atoms with Crippen molar-refractivity contribution in [2.24, 2.45) is 4.99 Å². The molecule has 2 rings (SSSR count). The highest BCUT2D eigenvalue weighted by atomic mass is 32.2. The molecule has 158 valence electrons. The second-order valence-corrected chi connectivity index (χ2v) is 10.7. The first-order valence-electron chi connectivity index (χ1n) is 9.62. The number of methoxy groups -OCH3 is 2. The van der Waals surface area contributed by atoms with Crippen LogP contribution in [0, 0.1) is 0 Å². The third kappa shape index (κ3) is 5.10. The Labute approximate surface area is 169 Å². The van der Waals surface area contributed by atoms with Crippen molar-refractivity contribution in [2.75, 3.05) is 39.6 Å². The Bertz CT molecular complexity index is 813. The smallest absolute Gasteiger partial charge is 0.194 e. The third-order valence-corrected chi connectivity index (χ3v) is 7.49. The summed E-state index contributed by atoms with van der Waals surface area (Å²) in [5.74, 6) is 2.23. The Morgan fingerprint density at radius 1 is 1.18 bits per heavy atom. The van der Waals surface area contributed by atoms with Gasteiger partial charge in [0.15, 0.2) is 27.3 Å². The van der Waals surface area contributed by atoms with E-state index in [4.69, 9.17) is 9.47 Å². The SMILES string of the molecule is CCNC(=NCCS(=O)(=O)C(C)(C)C)N1CCc2cc(OC)c(OC)cc2C1. The van der Waals surface area contributed by atoms with E-state index >= 15 is 0 Å². The predicted octanol–water partition coefficient (Wildman–Crippen LogP) is 2.24. The first kappa shape index (κ1) is 22.3. The summed E-state index contributed by atoms with van der Waals surface area (Å²) in [6.45, 7) is 9.64. The van der Waals surface area contributed by atoms with Crippen molar-refractivity contribution in [3.63, 3.8) is 0 Å². The lowest BCUT2D eigenvalue weighted by molar-refractivity contribution is 0.346. The first-order valence-corrected chi connectivity index (χ1v) is 11.3. The number of benzene rings is 1. The molecule has 1 aliphatic rings. The van der Waals surface area contributed by atoms with Crippen LogP contribution >= 0.6 is 0 Å². The van der Waals surface area contributed by atoms with Crippen LogP contribution in [0.15, 0.2) is 17.1 Å². The first-order chi connectivity index (χ1) is 13.1. The maximum Gasteiger partial charge on any atom is 0.194 e. The minimum absolute atomic E-state index is 0.0425. The van der Waals surface area contributed by atoms with E-state index in [0.29, 0.717) is 12.3 Å². The number of sulfone groups is 1. The number of guanidine groups is 1. The van der Waals surface area contributed by atoms with Crippen molar-refractivity contribution in [2.45, 2.75) is 45.4 Å². The van der Waals surface area contributed by atoms with E-state index in [0.717, 1.165) is 36.8 Å². The minimum atomic E-state index is -3.19. The van der Waals surface area contributed by atoms with Crippen LogP contribution in [0.25, 0.3) is 0 Å². The monoisotopic (exact) mass is 411 g/mol. The molecule has 0 aliphatic carbocycles. The molecule has 0 radical (unpaired) electrons. The number of ether oxygens (including phenoxy) is 2. The van der Waals surface area contributed by atoms with Crippen molar-refractivity contribution >= 4 is 15.8 Å². The molecule has 7 nitrogen and oxygen atoms in total. The number of hydrogen-bond donors (Lipinski definition) is 1. The molecule has 0 fully saturated rings. The molecule has 0 unspecified atom stereocenters. The van der Waals surface area contributed by atoms with Crippen LogP contribution in [0.2, 0.25) is 0 Å². The van der Waals surface area contributed by atoms with E-state index < -0.39 is 14.6 Å². The summed E-state index contributed by atoms with van der Waals surface area (Å²) in [4.78, 5) is 6.74. The highest BCUT2D eigenvalue weighted by Gasteiger charge is 2.28. The molecule has 0 aromatic heterocycles. The van der Waals surface area contributed by atoms with Gasteiger partial charge in [-0.3, -0.25) is 4.99 Å². The quantitative estimate of drug-likeness (QED) is 0.571. The highest BCUT2D eigenvalue weighted by molar-refractivity contribution is 7.92. The Kier molecular flexibility index (Phi) is 7.20. The summed E-state index contributed by atoms with van der Waals surface area (Å²) >= 11 is 0. The molecule has 1 N–H and O–H groups in total. The lowest BCUT2D eigenvalue weighted by Gasteiger charge is -2.32. The molecule has 0 atom stereocenters. The van der Waals surface area contributed by atoms with Gasteiger partial charge < -0.3 is 19.7 Å². The largest absolute Gasteiger partial charge is 0.493 e. The maximum absolute atomic E-state index is 12.3. The lowest BCUT2D eigenvalue weighted by atomic mass is 9.99. The topological polar surface area (TPSA) is 80.2 Å². The molecule has 0 bridgehead atoms. The summed E-state index contributed by atoms with van der Waals surface area (Å²) in [5.41, 5.74) is 2.40. The van der Waals surface area contributed by atoms with Gasteiger partial charge in [0.25, 0.3) is 0 Å². The molecule has 1 aromatic rings. The molecule has 0 saturated carbocycles. The predicted molar refractivity (Wildman–Crippen MR) is 113 cm³/mol. The molecule has 1 aliphatic heterocycles. The van der Waals surface area contributed by atoms with Gasteiger partial charge in [-0.15, -0.1) is 0 Å². The van der Waals surface area contributed by atoms with Crippen LogP contribution in [0.1, 0.15) is 38.8 Å². The molecular formula is C20H33N3O4S. The fourth-order valence-electron chi connectivity index (χ4n) is 3.07. The van der Waals surface area contributed by atoms with Gasteiger partial charge in [0.1, 0.15) is 0 Å². The number of aliphatic imine (C=N–C) groups is 1. The van der Waals surface area contributed by atoms with Crippen LogP contribution < -0.4 is 14.8 Å². The van der Waals surface area contributed by atoms with Gasteiger partial charge in [0.05, 0.1) is 31.3 Å². The van der Waals surface area contributed by atoms with E-state index in [1.54, 1.807) is 35.0 Å². The summed E-state index contributed by atoms with van der Waals surface area (Å²) < 4.78 is 34.7. The molecular weight excluding hydrogens is 378 g/mol. The third-order valence-electron chi connectivity index (χ3n) is 4.91. The molecule has 0 spiro atoms. The van der Waals surface area contributed by atoms with Gasteiger partial charge in [0.2, 0.25) is 0 Å². The van der Waals surface area contributed by atoms with Crippen molar-refractivity contribution in [1.29, 1.82) is 0 Å². The molecule has 1 heterocycles. The summed E-state index contributed by atoms with van der Waals surface area (Å²) in [6, 6.07) is 4.04.